The molecule has 2 aromatic rings. The van der Waals surface area contributed by atoms with Crippen molar-refractivity contribution >= 4 is 23.3 Å². The predicted octanol–water partition coefficient (Wildman–Crippen LogP) is 1.53. The molecular formula is C20H25N5O3. The lowest BCUT2D eigenvalue weighted by Gasteiger charge is -2.17. The normalized spacial score (nSPS) is 16.2. The van der Waals surface area contributed by atoms with Gasteiger partial charge in [0.05, 0.1) is 19.6 Å². The first-order valence-electron chi connectivity index (χ1n) is 9.11. The topological polar surface area (TPSA) is 87.7 Å². The molecule has 1 aromatic carbocycles. The number of nitrogens with one attached hydrogen (secondary N) is 1. The molecule has 1 aromatic heterocycles. The van der Waals surface area contributed by atoms with Crippen LogP contribution in [0, 0.1) is 12.8 Å². The maximum atomic E-state index is 12.6. The largest absolute Gasteiger partial charge is 0.497 e. The molecular weight excluding hydrogens is 358 g/mol. The third kappa shape index (κ3) is 4.39. The van der Waals surface area contributed by atoms with E-state index in [0.29, 0.717) is 18.1 Å². The van der Waals surface area contributed by atoms with Crippen LogP contribution in [-0.4, -0.2) is 49.5 Å². The molecule has 1 aliphatic rings. The van der Waals surface area contributed by atoms with Gasteiger partial charge in [-0.3, -0.25) is 9.59 Å². The van der Waals surface area contributed by atoms with Crippen molar-refractivity contribution in [2.45, 2.75) is 19.9 Å². The van der Waals surface area contributed by atoms with Crippen LogP contribution < -0.4 is 19.9 Å². The lowest BCUT2D eigenvalue weighted by atomic mass is 10.1. The summed E-state index contributed by atoms with van der Waals surface area (Å²) in [6, 6.07) is 9.16. The van der Waals surface area contributed by atoms with Crippen LogP contribution in [0.1, 0.15) is 17.9 Å². The highest BCUT2D eigenvalue weighted by Crippen LogP contribution is 2.28. The maximum Gasteiger partial charge on any atom is 0.227 e. The third-order valence-corrected chi connectivity index (χ3v) is 4.63. The summed E-state index contributed by atoms with van der Waals surface area (Å²) >= 11 is 0. The molecule has 0 bridgehead atoms. The second-order valence-electron chi connectivity index (χ2n) is 7.00. The van der Waals surface area contributed by atoms with E-state index in [0.717, 1.165) is 17.2 Å². The van der Waals surface area contributed by atoms with Crippen molar-refractivity contribution in [2.24, 2.45) is 5.92 Å². The number of carbonyl (C=O) groups is 2. The van der Waals surface area contributed by atoms with Gasteiger partial charge < -0.3 is 19.9 Å². The lowest BCUT2D eigenvalue weighted by molar-refractivity contribution is -0.126. The Hall–Kier alpha value is -3.16. The van der Waals surface area contributed by atoms with Crippen molar-refractivity contribution in [2.75, 3.05) is 37.5 Å². The van der Waals surface area contributed by atoms with Crippen LogP contribution >= 0.6 is 0 Å². The number of hydrogen-bond acceptors (Lipinski definition) is 6. The van der Waals surface area contributed by atoms with Crippen LogP contribution in [0.3, 0.4) is 0 Å². The highest BCUT2D eigenvalue weighted by molar-refractivity contribution is 6.00. The molecule has 0 radical (unpaired) electrons. The van der Waals surface area contributed by atoms with Gasteiger partial charge in [0.25, 0.3) is 0 Å². The highest BCUT2D eigenvalue weighted by atomic mass is 16.5. The number of methoxy groups -OCH3 is 1. The Kier molecular flexibility index (Phi) is 5.77. The van der Waals surface area contributed by atoms with Crippen molar-refractivity contribution < 1.29 is 14.3 Å². The van der Waals surface area contributed by atoms with Crippen molar-refractivity contribution in [1.82, 2.24) is 15.3 Å². The smallest absolute Gasteiger partial charge is 0.227 e. The zero-order valence-corrected chi connectivity index (χ0v) is 16.6. The van der Waals surface area contributed by atoms with E-state index in [2.05, 4.69) is 15.3 Å². The number of anilines is 2. The van der Waals surface area contributed by atoms with Crippen LogP contribution in [0.2, 0.25) is 0 Å². The number of aromatic nitrogens is 2. The summed E-state index contributed by atoms with van der Waals surface area (Å²) in [5.41, 5.74) is 1.57. The monoisotopic (exact) mass is 383 g/mol. The molecule has 148 valence electrons. The van der Waals surface area contributed by atoms with Crippen molar-refractivity contribution in [1.29, 1.82) is 0 Å². The van der Waals surface area contributed by atoms with Crippen LogP contribution in [0.4, 0.5) is 11.5 Å². The van der Waals surface area contributed by atoms with E-state index < -0.39 is 5.92 Å². The number of rotatable bonds is 6. The van der Waals surface area contributed by atoms with Gasteiger partial charge in [0.2, 0.25) is 11.8 Å². The minimum Gasteiger partial charge on any atom is -0.497 e. The fraction of sp³-hybridized carbons (Fsp3) is 0.400. The summed E-state index contributed by atoms with van der Waals surface area (Å²) in [4.78, 5) is 37.3. The zero-order valence-electron chi connectivity index (χ0n) is 16.6. The first-order chi connectivity index (χ1) is 13.4. The summed E-state index contributed by atoms with van der Waals surface area (Å²) < 4.78 is 5.21. The number of benzene rings is 1. The average molecular weight is 383 g/mol. The number of hydrogen-bond donors (Lipinski definition) is 1. The number of ether oxygens (including phenoxy) is 1. The van der Waals surface area contributed by atoms with Gasteiger partial charge in [-0.25, -0.2) is 9.97 Å². The Balaban J connectivity index is 1.63. The summed E-state index contributed by atoms with van der Waals surface area (Å²) in [5, 5.41) is 2.86. The van der Waals surface area contributed by atoms with Gasteiger partial charge in [-0.15, -0.1) is 0 Å². The maximum absolute atomic E-state index is 12.6. The number of nitrogens with zero attached hydrogens (tertiary/aromatic N) is 4. The molecule has 1 aliphatic heterocycles. The SMILES string of the molecule is COc1cccc(N2CC(C(=O)NCc3nc(C)cc(N(C)C)n3)CC2=O)c1. The van der Waals surface area contributed by atoms with E-state index in [1.54, 1.807) is 18.1 Å². The first kappa shape index (κ1) is 19.6. The molecule has 0 saturated carbocycles. The fourth-order valence-electron chi connectivity index (χ4n) is 3.14. The van der Waals surface area contributed by atoms with Crippen LogP contribution in [0.25, 0.3) is 0 Å². The van der Waals surface area contributed by atoms with Crippen molar-refractivity contribution in [3.05, 3.63) is 41.9 Å². The zero-order chi connectivity index (χ0) is 20.3. The second kappa shape index (κ2) is 8.24. The molecule has 2 heterocycles. The first-order valence-corrected chi connectivity index (χ1v) is 9.11. The van der Waals surface area contributed by atoms with E-state index in [1.807, 2.05) is 50.2 Å². The average Bonchev–Trinajstić information content (AvgIpc) is 3.07. The predicted molar refractivity (Wildman–Crippen MR) is 106 cm³/mol. The summed E-state index contributed by atoms with van der Waals surface area (Å²) in [5.74, 6) is 1.36. The molecule has 2 amide bonds. The van der Waals surface area contributed by atoms with Crippen LogP contribution in [0.5, 0.6) is 5.75 Å². The Bertz CT molecular complexity index is 884. The third-order valence-electron chi connectivity index (χ3n) is 4.63. The molecule has 1 fully saturated rings. The fourth-order valence-corrected chi connectivity index (χ4v) is 3.14. The summed E-state index contributed by atoms with van der Waals surface area (Å²) in [6.45, 7) is 2.46. The van der Waals surface area contributed by atoms with Crippen LogP contribution in [0.15, 0.2) is 30.3 Å². The van der Waals surface area contributed by atoms with Crippen molar-refractivity contribution in [3.63, 3.8) is 0 Å². The van der Waals surface area contributed by atoms with E-state index in [1.165, 1.54) is 0 Å². The Morgan fingerprint density at radius 3 is 2.82 bits per heavy atom. The Morgan fingerprint density at radius 1 is 1.32 bits per heavy atom. The van der Waals surface area contributed by atoms with Gasteiger partial charge in [0, 0.05) is 50.6 Å². The number of amides is 2. The van der Waals surface area contributed by atoms with Gasteiger partial charge in [0.15, 0.2) is 0 Å². The van der Waals surface area contributed by atoms with Gasteiger partial charge in [-0.2, -0.15) is 0 Å². The van der Waals surface area contributed by atoms with E-state index in [4.69, 9.17) is 4.74 Å². The summed E-state index contributed by atoms with van der Waals surface area (Å²) in [6.07, 6.45) is 0.181. The van der Waals surface area contributed by atoms with Crippen molar-refractivity contribution in [3.8, 4) is 5.75 Å². The molecule has 0 spiro atoms. The Labute approximate surface area is 164 Å². The molecule has 8 nitrogen and oxygen atoms in total. The minimum atomic E-state index is -0.406. The molecule has 1 N–H and O–H groups in total. The summed E-state index contributed by atoms with van der Waals surface area (Å²) in [7, 11) is 5.39. The minimum absolute atomic E-state index is 0.0740. The number of aryl methyl sites for hydroxylation is 1. The molecule has 1 atom stereocenters. The quantitative estimate of drug-likeness (QED) is 0.814. The molecule has 0 aliphatic carbocycles. The van der Waals surface area contributed by atoms with Gasteiger partial charge in [-0.1, -0.05) is 6.07 Å². The molecule has 1 unspecified atom stereocenters. The van der Waals surface area contributed by atoms with E-state index in [9.17, 15) is 9.59 Å². The highest BCUT2D eigenvalue weighted by Gasteiger charge is 2.35. The van der Waals surface area contributed by atoms with E-state index >= 15 is 0 Å². The molecule has 3 rings (SSSR count). The standard InChI is InChI=1S/C20H25N5O3/c1-13-8-18(24(2)3)23-17(22-13)11-21-20(27)14-9-19(26)25(12-14)15-6-5-7-16(10-15)28-4/h5-8,10,14H,9,11-12H2,1-4H3,(H,21,27). The van der Waals surface area contributed by atoms with Crippen LogP contribution in [-0.2, 0) is 16.1 Å². The molecule has 8 heteroatoms. The second-order valence-corrected chi connectivity index (χ2v) is 7.00. The van der Waals surface area contributed by atoms with Gasteiger partial charge >= 0.3 is 0 Å². The molecule has 28 heavy (non-hydrogen) atoms. The lowest BCUT2D eigenvalue weighted by Crippen LogP contribution is -2.33. The molecule has 1 saturated heterocycles. The number of carbonyl (C=O) groups excluding carboxylic acids is 2. The van der Waals surface area contributed by atoms with Gasteiger partial charge in [-0.05, 0) is 19.1 Å². The van der Waals surface area contributed by atoms with E-state index in [-0.39, 0.29) is 24.8 Å². The Morgan fingerprint density at radius 2 is 2.11 bits per heavy atom. The van der Waals surface area contributed by atoms with Gasteiger partial charge in [0.1, 0.15) is 17.4 Å².